The molecule has 94 valence electrons. The zero-order chi connectivity index (χ0) is 12.9. The van der Waals surface area contributed by atoms with E-state index >= 15 is 0 Å². The first-order valence-electron chi connectivity index (χ1n) is 4.99. The molecule has 1 aliphatic rings. The second kappa shape index (κ2) is 5.65. The number of anilines is 1. The van der Waals surface area contributed by atoms with Crippen molar-refractivity contribution in [3.8, 4) is 0 Å². The summed E-state index contributed by atoms with van der Waals surface area (Å²) in [5.74, 6) is 0. The molecule has 0 spiro atoms. The van der Waals surface area contributed by atoms with E-state index in [1.54, 1.807) is 0 Å². The molecule has 8 heteroatoms. The fraction of sp³-hybridized carbons (Fsp3) is 0.333. The second-order valence-corrected chi connectivity index (χ2v) is 3.42. The van der Waals surface area contributed by atoms with Gasteiger partial charge in [-0.2, -0.15) is 4.70 Å². The highest BCUT2D eigenvalue weighted by Gasteiger charge is 2.21. The zero-order valence-corrected chi connectivity index (χ0v) is 9.23. The highest BCUT2D eigenvalue weighted by atomic mass is 19.5. The molecular formula is C9H12BF4N3. The number of halogens is 4. The predicted octanol–water partition coefficient (Wildman–Crippen LogP) is 2.82. The lowest BCUT2D eigenvalue weighted by Crippen LogP contribution is -2.13. The van der Waals surface area contributed by atoms with Gasteiger partial charge in [0.1, 0.15) is 12.2 Å². The van der Waals surface area contributed by atoms with Gasteiger partial charge in [-0.3, -0.25) is 0 Å². The van der Waals surface area contributed by atoms with E-state index in [4.69, 9.17) is 0 Å². The number of hydrogen-bond acceptors (Lipinski definition) is 2. The molecular weight excluding hydrogens is 237 g/mol. The monoisotopic (exact) mass is 249 g/mol. The maximum Gasteiger partial charge on any atom is 0.673 e. The minimum Gasteiger partial charge on any atom is -0.418 e. The van der Waals surface area contributed by atoms with Gasteiger partial charge in [0, 0.05) is 0 Å². The van der Waals surface area contributed by atoms with Gasteiger partial charge >= 0.3 is 7.25 Å². The van der Waals surface area contributed by atoms with E-state index in [1.165, 1.54) is 5.69 Å². The van der Waals surface area contributed by atoms with Crippen molar-refractivity contribution in [2.75, 3.05) is 25.1 Å². The standard InChI is InChI=1S/C9H12N3.BF4/c1-11-7-8-12(10-11)9-5-3-2-4-6-9;2-1(3,4)5/h2-6H,7-8H2,1H3;/q+1;-1. The Kier molecular flexibility index (Phi) is 4.48. The first-order valence-corrected chi connectivity index (χ1v) is 4.99. The maximum absolute atomic E-state index is 9.75. The Balaban J connectivity index is 0.000000249. The number of benzene rings is 1. The number of nitrogens with zero attached hydrogens (tertiary/aromatic N) is 3. The van der Waals surface area contributed by atoms with E-state index in [1.807, 2.05) is 35.0 Å². The Labute approximate surface area is 96.4 Å². The third kappa shape index (κ3) is 5.89. The van der Waals surface area contributed by atoms with Crippen LogP contribution < -0.4 is 5.01 Å². The van der Waals surface area contributed by atoms with Crippen molar-refractivity contribution in [1.29, 1.82) is 0 Å². The van der Waals surface area contributed by atoms with Crippen molar-refractivity contribution in [3.05, 3.63) is 30.3 Å². The molecule has 17 heavy (non-hydrogen) atoms. The molecule has 0 aromatic heterocycles. The Morgan fingerprint density at radius 3 is 2.12 bits per heavy atom. The molecule has 0 saturated heterocycles. The van der Waals surface area contributed by atoms with Crippen molar-refractivity contribution in [3.63, 3.8) is 0 Å². The van der Waals surface area contributed by atoms with Crippen molar-refractivity contribution in [2.24, 2.45) is 5.22 Å². The van der Waals surface area contributed by atoms with Crippen LogP contribution in [0, 0.1) is 0 Å². The van der Waals surface area contributed by atoms with Gasteiger partial charge in [0.05, 0.1) is 12.3 Å². The highest BCUT2D eigenvalue weighted by Crippen LogP contribution is 2.15. The van der Waals surface area contributed by atoms with Gasteiger partial charge in [-0.1, -0.05) is 18.2 Å². The van der Waals surface area contributed by atoms with Gasteiger partial charge in [0.25, 0.3) is 0 Å². The van der Waals surface area contributed by atoms with Crippen LogP contribution in [0.15, 0.2) is 35.6 Å². The van der Waals surface area contributed by atoms with Crippen LogP contribution in [0.4, 0.5) is 23.0 Å². The van der Waals surface area contributed by atoms with Crippen LogP contribution in [-0.2, 0) is 0 Å². The molecule has 3 nitrogen and oxygen atoms in total. The van der Waals surface area contributed by atoms with Gasteiger partial charge in [-0.25, -0.2) is 0 Å². The quantitative estimate of drug-likeness (QED) is 0.425. The molecule has 0 aliphatic carbocycles. The maximum atomic E-state index is 9.75. The number of para-hydroxylation sites is 1. The van der Waals surface area contributed by atoms with Gasteiger partial charge in [-0.15, -0.1) is 5.01 Å². The second-order valence-electron chi connectivity index (χ2n) is 3.42. The average Bonchev–Trinajstić information content (AvgIpc) is 2.64. The lowest BCUT2D eigenvalue weighted by Gasteiger charge is -2.01. The minimum absolute atomic E-state index is 0.987. The van der Waals surface area contributed by atoms with Gasteiger partial charge in [0.2, 0.25) is 0 Å². The summed E-state index contributed by atoms with van der Waals surface area (Å²) in [5, 5.41) is 6.34. The molecule has 0 saturated carbocycles. The Morgan fingerprint density at radius 2 is 1.71 bits per heavy atom. The summed E-state index contributed by atoms with van der Waals surface area (Å²) in [6, 6.07) is 10.2. The van der Waals surface area contributed by atoms with Gasteiger partial charge in [0.15, 0.2) is 6.54 Å². The minimum atomic E-state index is -6.00. The predicted molar refractivity (Wildman–Crippen MR) is 57.5 cm³/mol. The molecule has 0 amide bonds. The number of hydrogen-bond donors (Lipinski definition) is 0. The van der Waals surface area contributed by atoms with Crippen LogP contribution in [0.3, 0.4) is 0 Å². The van der Waals surface area contributed by atoms with Gasteiger partial charge < -0.3 is 17.3 Å². The summed E-state index contributed by atoms with van der Waals surface area (Å²) in [7, 11) is -4.01. The first-order chi connectivity index (χ1) is 7.86. The van der Waals surface area contributed by atoms with E-state index in [-0.39, 0.29) is 0 Å². The summed E-state index contributed by atoms with van der Waals surface area (Å²) in [4.78, 5) is 0. The normalized spacial score (nSPS) is 15.1. The fourth-order valence-corrected chi connectivity index (χ4v) is 1.29. The summed E-state index contributed by atoms with van der Waals surface area (Å²) in [5.41, 5.74) is 1.17. The van der Waals surface area contributed by atoms with Crippen LogP contribution in [-0.4, -0.2) is 32.1 Å². The molecule has 0 fully saturated rings. The lowest BCUT2D eigenvalue weighted by atomic mass is 10.3. The topological polar surface area (TPSA) is 18.6 Å². The van der Waals surface area contributed by atoms with E-state index in [0.717, 1.165) is 13.1 Å². The van der Waals surface area contributed by atoms with Crippen LogP contribution in [0.1, 0.15) is 0 Å². The smallest absolute Gasteiger partial charge is 0.418 e. The molecule has 1 aromatic rings. The number of likely N-dealkylation sites (N-methyl/N-ethyl adjacent to an activating group) is 1. The third-order valence-corrected chi connectivity index (χ3v) is 1.95. The van der Waals surface area contributed by atoms with Crippen molar-refractivity contribution >= 4 is 12.9 Å². The summed E-state index contributed by atoms with van der Waals surface area (Å²) in [6.45, 7) is 2.00. The van der Waals surface area contributed by atoms with E-state index in [2.05, 4.69) is 17.4 Å². The Bertz CT molecular complexity index is 374. The molecule has 1 aromatic carbocycles. The largest absolute Gasteiger partial charge is 0.673 e. The molecule has 0 atom stereocenters. The van der Waals surface area contributed by atoms with Crippen LogP contribution in [0.25, 0.3) is 0 Å². The van der Waals surface area contributed by atoms with E-state index in [0.29, 0.717) is 0 Å². The molecule has 0 bridgehead atoms. The molecule has 0 unspecified atom stereocenters. The molecule has 0 N–H and O–H groups in total. The lowest BCUT2D eigenvalue weighted by molar-refractivity contribution is -0.550. The SMILES string of the molecule is C[N+]1=NN(c2ccccc2)CC1.F[B-](F)(F)F. The van der Waals surface area contributed by atoms with Crippen LogP contribution in [0.5, 0.6) is 0 Å². The number of rotatable bonds is 1. The first kappa shape index (κ1) is 13.5. The van der Waals surface area contributed by atoms with Crippen LogP contribution >= 0.6 is 0 Å². The average molecular weight is 249 g/mol. The molecule has 1 heterocycles. The van der Waals surface area contributed by atoms with Crippen molar-refractivity contribution in [1.82, 2.24) is 0 Å². The zero-order valence-electron chi connectivity index (χ0n) is 9.23. The molecule has 0 radical (unpaired) electrons. The Morgan fingerprint density at radius 1 is 1.18 bits per heavy atom. The Hall–Kier alpha value is -1.60. The van der Waals surface area contributed by atoms with Crippen molar-refractivity contribution in [2.45, 2.75) is 0 Å². The van der Waals surface area contributed by atoms with E-state index in [9.17, 15) is 17.3 Å². The van der Waals surface area contributed by atoms with E-state index < -0.39 is 7.25 Å². The molecule has 1 aliphatic heterocycles. The fourth-order valence-electron chi connectivity index (χ4n) is 1.29. The summed E-state index contributed by atoms with van der Waals surface area (Å²) in [6.07, 6.45) is 0. The highest BCUT2D eigenvalue weighted by molar-refractivity contribution is 6.50. The van der Waals surface area contributed by atoms with Crippen LogP contribution in [0.2, 0.25) is 0 Å². The summed E-state index contributed by atoms with van der Waals surface area (Å²) < 4.78 is 41.0. The van der Waals surface area contributed by atoms with Crippen molar-refractivity contribution < 1.29 is 22.0 Å². The van der Waals surface area contributed by atoms with Gasteiger partial charge in [-0.05, 0) is 12.1 Å². The molecule has 2 rings (SSSR count). The summed E-state index contributed by atoms with van der Waals surface area (Å²) >= 11 is 0. The third-order valence-electron chi connectivity index (χ3n) is 1.95.